The highest BCUT2D eigenvalue weighted by Crippen LogP contribution is 2.26. The fourth-order valence-corrected chi connectivity index (χ4v) is 3.07. The molecule has 0 bridgehead atoms. The molecule has 0 amide bonds. The molecule has 0 unspecified atom stereocenters. The van der Waals surface area contributed by atoms with E-state index in [1.54, 1.807) is 17.1 Å². The largest absolute Gasteiger partial charge is 0.337 e. The van der Waals surface area contributed by atoms with Crippen molar-refractivity contribution in [3.63, 3.8) is 0 Å². The van der Waals surface area contributed by atoms with Crippen molar-refractivity contribution in [3.05, 3.63) is 67.6 Å². The number of anilines is 2. The van der Waals surface area contributed by atoms with Gasteiger partial charge in [-0.3, -0.25) is 14.1 Å². The first kappa shape index (κ1) is 14.6. The third kappa shape index (κ3) is 2.37. The van der Waals surface area contributed by atoms with Crippen molar-refractivity contribution in [2.45, 2.75) is 0 Å². The number of nitrogens with zero attached hydrogens (tertiary/aromatic N) is 6. The summed E-state index contributed by atoms with van der Waals surface area (Å²) in [7, 11) is 1.90. The smallest absolute Gasteiger partial charge is 0.180 e. The maximum absolute atomic E-state index is 4.55. The second-order valence-electron chi connectivity index (χ2n) is 6.08. The summed E-state index contributed by atoms with van der Waals surface area (Å²) in [6.45, 7) is 0. The third-order valence-electron chi connectivity index (χ3n) is 4.33. The van der Waals surface area contributed by atoms with Gasteiger partial charge < -0.3 is 5.32 Å². The van der Waals surface area contributed by atoms with Crippen molar-refractivity contribution in [2.24, 2.45) is 7.05 Å². The molecule has 126 valence electrons. The van der Waals surface area contributed by atoms with Crippen molar-refractivity contribution in [1.29, 1.82) is 0 Å². The first-order valence-corrected chi connectivity index (χ1v) is 8.20. The Hall–Kier alpha value is -3.74. The zero-order valence-corrected chi connectivity index (χ0v) is 14.0. The van der Waals surface area contributed by atoms with Gasteiger partial charge in [0.05, 0.1) is 18.1 Å². The summed E-state index contributed by atoms with van der Waals surface area (Å²) in [6.07, 6.45) is 12.9. The molecule has 5 rings (SSSR count). The minimum atomic E-state index is 0.705. The maximum atomic E-state index is 4.55. The molecule has 0 aliphatic heterocycles. The number of imidazole rings is 1. The molecule has 1 N–H and O–H groups in total. The van der Waals surface area contributed by atoms with E-state index in [1.807, 2.05) is 60.6 Å². The number of hydrogen-bond acceptors (Lipinski definition) is 5. The van der Waals surface area contributed by atoms with Gasteiger partial charge in [-0.15, -0.1) is 0 Å². The molecule has 0 aliphatic carbocycles. The van der Waals surface area contributed by atoms with E-state index in [9.17, 15) is 0 Å². The zero-order valence-electron chi connectivity index (χ0n) is 14.0. The topological polar surface area (TPSA) is 72.9 Å². The van der Waals surface area contributed by atoms with Crippen LogP contribution >= 0.6 is 0 Å². The van der Waals surface area contributed by atoms with Gasteiger partial charge in [-0.25, -0.2) is 9.97 Å². The van der Waals surface area contributed by atoms with Crippen molar-refractivity contribution < 1.29 is 0 Å². The summed E-state index contributed by atoms with van der Waals surface area (Å²) in [6, 6.07) is 8.12. The normalized spacial score (nSPS) is 11.3. The monoisotopic (exact) mass is 341 g/mol. The average Bonchev–Trinajstić information content (AvgIpc) is 3.28. The van der Waals surface area contributed by atoms with Gasteiger partial charge in [0.15, 0.2) is 11.5 Å². The van der Waals surface area contributed by atoms with Crippen molar-refractivity contribution in [3.8, 4) is 11.3 Å². The molecule has 0 radical (unpaired) electrons. The molecular formula is C19H15N7. The number of nitrogens with one attached hydrogen (secondary N) is 1. The Morgan fingerprint density at radius 2 is 1.92 bits per heavy atom. The SMILES string of the molecule is Cn1cc(-c2cnc3c(Nc4ccc5cnccc5c4)nccn23)cn1. The van der Waals surface area contributed by atoms with Gasteiger partial charge >= 0.3 is 0 Å². The van der Waals surface area contributed by atoms with Crippen LogP contribution in [-0.4, -0.2) is 29.1 Å². The van der Waals surface area contributed by atoms with E-state index in [2.05, 4.69) is 31.4 Å². The lowest BCUT2D eigenvalue weighted by molar-refractivity contribution is 0.768. The summed E-state index contributed by atoms with van der Waals surface area (Å²) in [5.74, 6) is 0.705. The highest BCUT2D eigenvalue weighted by Gasteiger charge is 2.11. The van der Waals surface area contributed by atoms with Crippen LogP contribution in [0.3, 0.4) is 0 Å². The Bertz CT molecular complexity index is 1240. The van der Waals surface area contributed by atoms with Crippen LogP contribution in [0.1, 0.15) is 0 Å². The number of benzene rings is 1. The van der Waals surface area contributed by atoms with E-state index in [0.29, 0.717) is 5.82 Å². The minimum absolute atomic E-state index is 0.705. The predicted octanol–water partition coefficient (Wildman–Crippen LogP) is 3.42. The quantitative estimate of drug-likeness (QED) is 0.544. The van der Waals surface area contributed by atoms with Gasteiger partial charge in [-0.1, -0.05) is 6.07 Å². The lowest BCUT2D eigenvalue weighted by atomic mass is 10.1. The zero-order chi connectivity index (χ0) is 17.5. The van der Waals surface area contributed by atoms with E-state index in [0.717, 1.165) is 33.4 Å². The Morgan fingerprint density at radius 3 is 2.81 bits per heavy atom. The molecule has 26 heavy (non-hydrogen) atoms. The first-order valence-electron chi connectivity index (χ1n) is 8.20. The van der Waals surface area contributed by atoms with E-state index >= 15 is 0 Å². The fourth-order valence-electron chi connectivity index (χ4n) is 3.07. The Kier molecular flexibility index (Phi) is 3.18. The Labute approximate surface area is 149 Å². The number of aryl methyl sites for hydroxylation is 1. The molecule has 5 aromatic rings. The van der Waals surface area contributed by atoms with E-state index < -0.39 is 0 Å². The minimum Gasteiger partial charge on any atom is -0.337 e. The molecule has 7 heteroatoms. The van der Waals surface area contributed by atoms with Crippen molar-refractivity contribution in [2.75, 3.05) is 5.32 Å². The number of fused-ring (bicyclic) bond motifs is 2. The number of rotatable bonds is 3. The lowest BCUT2D eigenvalue weighted by Crippen LogP contribution is -1.98. The molecule has 0 spiro atoms. The summed E-state index contributed by atoms with van der Waals surface area (Å²) in [4.78, 5) is 13.2. The van der Waals surface area contributed by atoms with Crippen LogP contribution in [0.4, 0.5) is 11.5 Å². The molecule has 0 saturated carbocycles. The van der Waals surface area contributed by atoms with Crippen LogP contribution in [-0.2, 0) is 7.05 Å². The highest BCUT2D eigenvalue weighted by atomic mass is 15.2. The fraction of sp³-hybridized carbons (Fsp3) is 0.0526. The van der Waals surface area contributed by atoms with Crippen LogP contribution in [0.15, 0.2) is 67.6 Å². The first-order chi connectivity index (χ1) is 12.8. The van der Waals surface area contributed by atoms with Crippen molar-refractivity contribution in [1.82, 2.24) is 29.1 Å². The number of aromatic nitrogens is 6. The highest BCUT2D eigenvalue weighted by molar-refractivity contribution is 5.86. The van der Waals surface area contributed by atoms with Crippen LogP contribution in [0, 0.1) is 0 Å². The standard InChI is InChI=1S/C19H15N7/c1-25-12-15(10-23-25)17-11-22-19-18(21-6-7-26(17)19)24-16-3-2-14-9-20-5-4-13(14)8-16/h2-12H,1H3,(H,21,24). The lowest BCUT2D eigenvalue weighted by Gasteiger charge is -2.08. The van der Waals surface area contributed by atoms with Crippen LogP contribution in [0.2, 0.25) is 0 Å². The second kappa shape index (κ2) is 5.66. The number of pyridine rings is 1. The second-order valence-corrected chi connectivity index (χ2v) is 6.08. The molecule has 4 heterocycles. The Morgan fingerprint density at radius 1 is 0.962 bits per heavy atom. The maximum Gasteiger partial charge on any atom is 0.180 e. The molecule has 0 aliphatic rings. The molecule has 1 aromatic carbocycles. The average molecular weight is 341 g/mol. The third-order valence-corrected chi connectivity index (χ3v) is 4.33. The molecule has 0 atom stereocenters. The summed E-state index contributed by atoms with van der Waals surface area (Å²) >= 11 is 0. The summed E-state index contributed by atoms with van der Waals surface area (Å²) in [5, 5.41) is 9.83. The Balaban J connectivity index is 1.57. The van der Waals surface area contributed by atoms with Crippen LogP contribution < -0.4 is 5.32 Å². The van der Waals surface area contributed by atoms with Gasteiger partial charge in [-0.2, -0.15) is 5.10 Å². The molecule has 7 nitrogen and oxygen atoms in total. The van der Waals surface area contributed by atoms with E-state index in [1.165, 1.54) is 0 Å². The van der Waals surface area contributed by atoms with Crippen molar-refractivity contribution >= 4 is 27.9 Å². The van der Waals surface area contributed by atoms with Gasteiger partial charge in [0.1, 0.15) is 0 Å². The van der Waals surface area contributed by atoms with Gasteiger partial charge in [0.2, 0.25) is 0 Å². The van der Waals surface area contributed by atoms with E-state index in [4.69, 9.17) is 0 Å². The number of hydrogen-bond donors (Lipinski definition) is 1. The van der Waals surface area contributed by atoms with Crippen LogP contribution in [0.5, 0.6) is 0 Å². The van der Waals surface area contributed by atoms with Gasteiger partial charge in [0.25, 0.3) is 0 Å². The molecule has 4 aromatic heterocycles. The summed E-state index contributed by atoms with van der Waals surface area (Å²) in [5.41, 5.74) is 3.70. The van der Waals surface area contributed by atoms with Crippen LogP contribution in [0.25, 0.3) is 27.7 Å². The van der Waals surface area contributed by atoms with Gasteiger partial charge in [0, 0.05) is 54.7 Å². The predicted molar refractivity (Wildman–Crippen MR) is 100 cm³/mol. The molecular weight excluding hydrogens is 326 g/mol. The molecule has 0 fully saturated rings. The van der Waals surface area contributed by atoms with E-state index in [-0.39, 0.29) is 0 Å². The van der Waals surface area contributed by atoms with Gasteiger partial charge in [-0.05, 0) is 23.6 Å². The summed E-state index contributed by atoms with van der Waals surface area (Å²) < 4.78 is 3.79. The molecule has 0 saturated heterocycles.